The van der Waals surface area contributed by atoms with Crippen LogP contribution in [0.3, 0.4) is 0 Å². The number of ether oxygens (including phenoxy) is 2. The molecule has 0 heterocycles. The maximum absolute atomic E-state index is 11.5. The predicted molar refractivity (Wildman–Crippen MR) is 120 cm³/mol. The Labute approximate surface area is 174 Å². The summed E-state index contributed by atoms with van der Waals surface area (Å²) in [4.78, 5) is 11.5. The molecule has 3 heteroatoms. The summed E-state index contributed by atoms with van der Waals surface area (Å²) in [5.41, 5.74) is 7.60. The second kappa shape index (κ2) is 7.70. The molecule has 0 unspecified atom stereocenters. The van der Waals surface area contributed by atoms with E-state index in [1.54, 1.807) is 13.2 Å². The highest BCUT2D eigenvalue weighted by Crippen LogP contribution is 2.48. The SMILES string of the molecule is COC(=O)/C=C/c1ccc(OC)c(-c2cc3c(cc2C)C(C)(C)CCC3(C)C)c1. The van der Waals surface area contributed by atoms with Crippen molar-refractivity contribution in [2.75, 3.05) is 14.2 Å². The lowest BCUT2D eigenvalue weighted by Crippen LogP contribution is -2.34. The summed E-state index contributed by atoms with van der Waals surface area (Å²) in [6.45, 7) is 11.5. The maximum atomic E-state index is 11.5. The molecule has 0 bridgehead atoms. The van der Waals surface area contributed by atoms with E-state index in [-0.39, 0.29) is 16.8 Å². The number of hydrogen-bond donors (Lipinski definition) is 0. The number of carbonyl (C=O) groups is 1. The van der Waals surface area contributed by atoms with E-state index in [1.807, 2.05) is 12.1 Å². The van der Waals surface area contributed by atoms with Crippen molar-refractivity contribution in [2.45, 2.75) is 58.3 Å². The van der Waals surface area contributed by atoms with Crippen molar-refractivity contribution < 1.29 is 14.3 Å². The first-order valence-corrected chi connectivity index (χ1v) is 10.2. The number of fused-ring (bicyclic) bond motifs is 1. The van der Waals surface area contributed by atoms with Crippen LogP contribution in [0.5, 0.6) is 5.75 Å². The van der Waals surface area contributed by atoms with Crippen LogP contribution in [-0.4, -0.2) is 20.2 Å². The van der Waals surface area contributed by atoms with Crippen LogP contribution in [0, 0.1) is 6.92 Å². The smallest absolute Gasteiger partial charge is 0.330 e. The molecule has 0 spiro atoms. The van der Waals surface area contributed by atoms with Crippen molar-refractivity contribution in [3.05, 3.63) is 58.7 Å². The van der Waals surface area contributed by atoms with Gasteiger partial charge in [0.15, 0.2) is 0 Å². The van der Waals surface area contributed by atoms with E-state index >= 15 is 0 Å². The van der Waals surface area contributed by atoms with Gasteiger partial charge in [-0.25, -0.2) is 4.79 Å². The van der Waals surface area contributed by atoms with E-state index in [1.165, 1.54) is 48.3 Å². The lowest BCUT2D eigenvalue weighted by Gasteiger charge is -2.42. The molecule has 2 aromatic rings. The van der Waals surface area contributed by atoms with Gasteiger partial charge in [-0.3, -0.25) is 0 Å². The van der Waals surface area contributed by atoms with Gasteiger partial charge in [0.25, 0.3) is 0 Å². The minimum absolute atomic E-state index is 0.142. The molecule has 0 fully saturated rings. The van der Waals surface area contributed by atoms with Crippen molar-refractivity contribution in [3.63, 3.8) is 0 Å². The number of methoxy groups -OCH3 is 2. The predicted octanol–water partition coefficient (Wildman–Crippen LogP) is 6.21. The second-order valence-electron chi connectivity index (χ2n) is 9.30. The zero-order valence-corrected chi connectivity index (χ0v) is 18.7. The van der Waals surface area contributed by atoms with Crippen LogP contribution in [0.1, 0.15) is 62.8 Å². The van der Waals surface area contributed by atoms with Crippen LogP contribution in [-0.2, 0) is 20.4 Å². The van der Waals surface area contributed by atoms with Crippen LogP contribution in [0.4, 0.5) is 0 Å². The van der Waals surface area contributed by atoms with Gasteiger partial charge in [0.2, 0.25) is 0 Å². The van der Waals surface area contributed by atoms with E-state index < -0.39 is 0 Å². The van der Waals surface area contributed by atoms with Gasteiger partial charge in [0.05, 0.1) is 14.2 Å². The summed E-state index contributed by atoms with van der Waals surface area (Å²) in [5, 5.41) is 0. The van der Waals surface area contributed by atoms with Crippen LogP contribution in [0.15, 0.2) is 36.4 Å². The van der Waals surface area contributed by atoms with Crippen LogP contribution in [0.25, 0.3) is 17.2 Å². The fourth-order valence-electron chi connectivity index (χ4n) is 4.28. The van der Waals surface area contributed by atoms with E-state index in [9.17, 15) is 4.79 Å². The largest absolute Gasteiger partial charge is 0.496 e. The Balaban J connectivity index is 2.18. The standard InChI is InChI=1S/C26H32O3/c1-17-14-21-22(26(4,5)13-12-25(21,2)3)16-19(17)20-15-18(8-10-23(20)28-6)9-11-24(27)29-7/h8-11,14-16H,12-13H2,1-7H3/b11-9+. The zero-order valence-electron chi connectivity index (χ0n) is 18.7. The minimum Gasteiger partial charge on any atom is -0.496 e. The van der Waals surface area contributed by atoms with Gasteiger partial charge in [-0.1, -0.05) is 39.8 Å². The highest BCUT2D eigenvalue weighted by molar-refractivity contribution is 5.87. The molecule has 0 saturated heterocycles. The van der Waals surface area contributed by atoms with Gasteiger partial charge in [0, 0.05) is 11.6 Å². The van der Waals surface area contributed by atoms with Gasteiger partial charge < -0.3 is 9.47 Å². The first-order valence-electron chi connectivity index (χ1n) is 10.2. The Bertz CT molecular complexity index is 964. The third-order valence-corrected chi connectivity index (χ3v) is 6.32. The van der Waals surface area contributed by atoms with Crippen molar-refractivity contribution in [2.24, 2.45) is 0 Å². The Hall–Kier alpha value is -2.55. The lowest BCUT2D eigenvalue weighted by atomic mass is 9.62. The summed E-state index contributed by atoms with van der Waals surface area (Å²) in [6, 6.07) is 10.7. The zero-order chi connectivity index (χ0) is 21.4. The fraction of sp³-hybridized carbons (Fsp3) is 0.423. The molecule has 3 rings (SSSR count). The van der Waals surface area contributed by atoms with Gasteiger partial charge in [0.1, 0.15) is 5.75 Å². The molecule has 0 atom stereocenters. The maximum Gasteiger partial charge on any atom is 0.330 e. The summed E-state index contributed by atoms with van der Waals surface area (Å²) < 4.78 is 10.4. The molecular formula is C26H32O3. The summed E-state index contributed by atoms with van der Waals surface area (Å²) in [7, 11) is 3.08. The monoisotopic (exact) mass is 392 g/mol. The molecule has 1 aliphatic carbocycles. The number of aryl methyl sites for hydroxylation is 1. The van der Waals surface area contributed by atoms with Crippen LogP contribution in [0.2, 0.25) is 0 Å². The number of benzene rings is 2. The quantitative estimate of drug-likeness (QED) is 0.459. The minimum atomic E-state index is -0.365. The lowest BCUT2D eigenvalue weighted by molar-refractivity contribution is -0.134. The molecule has 154 valence electrons. The first-order chi connectivity index (χ1) is 13.6. The summed E-state index contributed by atoms with van der Waals surface area (Å²) >= 11 is 0. The van der Waals surface area contributed by atoms with Crippen LogP contribution >= 0.6 is 0 Å². The summed E-state index contributed by atoms with van der Waals surface area (Å²) in [6.07, 6.45) is 5.59. The molecule has 3 nitrogen and oxygen atoms in total. The number of esters is 1. The number of carbonyl (C=O) groups excluding carboxylic acids is 1. The first kappa shape index (κ1) is 21.2. The second-order valence-corrected chi connectivity index (χ2v) is 9.30. The molecule has 0 aromatic heterocycles. The molecule has 0 aliphatic heterocycles. The van der Waals surface area contributed by atoms with Crippen molar-refractivity contribution in [1.29, 1.82) is 0 Å². The van der Waals surface area contributed by atoms with E-state index in [2.05, 4.69) is 52.8 Å². The third kappa shape index (κ3) is 4.10. The van der Waals surface area contributed by atoms with Crippen LogP contribution < -0.4 is 4.74 Å². The highest BCUT2D eigenvalue weighted by Gasteiger charge is 2.37. The fourth-order valence-corrected chi connectivity index (χ4v) is 4.28. The number of hydrogen-bond acceptors (Lipinski definition) is 3. The third-order valence-electron chi connectivity index (χ3n) is 6.32. The Morgan fingerprint density at radius 3 is 2.14 bits per heavy atom. The molecular weight excluding hydrogens is 360 g/mol. The summed E-state index contributed by atoms with van der Waals surface area (Å²) in [5.74, 6) is 0.465. The Kier molecular flexibility index (Phi) is 5.62. The molecule has 1 aliphatic rings. The van der Waals surface area contributed by atoms with Crippen molar-refractivity contribution in [3.8, 4) is 16.9 Å². The van der Waals surface area contributed by atoms with Crippen molar-refractivity contribution in [1.82, 2.24) is 0 Å². The Morgan fingerprint density at radius 1 is 0.931 bits per heavy atom. The van der Waals surface area contributed by atoms with Gasteiger partial charge in [-0.2, -0.15) is 0 Å². The normalized spacial score (nSPS) is 17.1. The highest BCUT2D eigenvalue weighted by atomic mass is 16.5. The van der Waals surface area contributed by atoms with Gasteiger partial charge in [-0.15, -0.1) is 0 Å². The molecule has 0 radical (unpaired) electrons. The van der Waals surface area contributed by atoms with E-state index in [0.29, 0.717) is 0 Å². The average molecular weight is 393 g/mol. The van der Waals surface area contributed by atoms with Crippen molar-refractivity contribution >= 4 is 12.0 Å². The van der Waals surface area contributed by atoms with E-state index in [0.717, 1.165) is 16.9 Å². The molecule has 0 N–H and O–H groups in total. The van der Waals surface area contributed by atoms with Gasteiger partial charge in [-0.05, 0) is 82.7 Å². The topological polar surface area (TPSA) is 35.5 Å². The number of rotatable bonds is 4. The molecule has 29 heavy (non-hydrogen) atoms. The molecule has 0 saturated carbocycles. The Morgan fingerprint density at radius 2 is 1.55 bits per heavy atom. The molecule has 2 aromatic carbocycles. The average Bonchev–Trinajstić information content (AvgIpc) is 2.69. The van der Waals surface area contributed by atoms with E-state index in [4.69, 9.17) is 9.47 Å². The van der Waals surface area contributed by atoms with Gasteiger partial charge >= 0.3 is 5.97 Å². The molecule has 0 amide bonds.